The molecular weight excluding hydrogens is 1000 g/mol. The minimum atomic E-state index is -1.96. The Morgan fingerprint density at radius 1 is 0.298 bits per heavy atom. The first-order valence-electron chi connectivity index (χ1n) is 10.6. The number of aliphatic hydroxyl groups excluding tert-OH is 5. The van der Waals surface area contributed by atoms with Crippen molar-refractivity contribution in [3.05, 3.63) is 0 Å². The molecule has 5 unspecified atom stereocenters. The SMILES string of the molecule is O=C([O-])CC(O)C(=O)[O-].O=C([O-])CC(O)C(=O)[O-].O=C([O-])CC(O)C(=O)[O-].O=C([O-])CC(O)C(=O)[O-].O=C([O-])CC(O)C(=O)[O-].[Ta+5].[Ta+5]. The molecule has 0 rings (SSSR count). The number of rotatable bonds is 15. The summed E-state index contributed by atoms with van der Waals surface area (Å²) in [4.78, 5) is 95.7. The molecule has 0 spiro atoms. The maximum atomic E-state index is 9.58. The van der Waals surface area contributed by atoms with Crippen molar-refractivity contribution >= 4 is 59.7 Å². The van der Waals surface area contributed by atoms with E-state index in [2.05, 4.69) is 0 Å². The van der Waals surface area contributed by atoms with E-state index < -0.39 is 122 Å². The van der Waals surface area contributed by atoms with Crippen LogP contribution < -0.4 is 51.1 Å². The van der Waals surface area contributed by atoms with Crippen molar-refractivity contribution in [2.45, 2.75) is 62.6 Å². The molecule has 0 heterocycles. The van der Waals surface area contributed by atoms with E-state index in [1.54, 1.807) is 0 Å². The molecule has 260 valence electrons. The Morgan fingerprint density at radius 3 is 0.404 bits per heavy atom. The van der Waals surface area contributed by atoms with Crippen LogP contribution in [0.15, 0.2) is 0 Å². The zero-order chi connectivity index (χ0) is 37.2. The van der Waals surface area contributed by atoms with Gasteiger partial charge in [-0.2, -0.15) is 0 Å². The number of carboxylic acids is 10. The third-order valence-electron chi connectivity index (χ3n) is 3.16. The molecule has 25 nitrogen and oxygen atoms in total. The molecule has 0 saturated heterocycles. The van der Waals surface area contributed by atoms with E-state index in [9.17, 15) is 99.0 Å². The molecule has 0 aliphatic carbocycles. The molecule has 27 heteroatoms. The Labute approximate surface area is 290 Å². The van der Waals surface area contributed by atoms with Gasteiger partial charge in [0.2, 0.25) is 0 Å². The fraction of sp³-hybridized carbons (Fsp3) is 0.500. The van der Waals surface area contributed by atoms with Gasteiger partial charge >= 0.3 is 44.8 Å². The van der Waals surface area contributed by atoms with Crippen molar-refractivity contribution in [2.75, 3.05) is 0 Å². The second kappa shape index (κ2) is 33.3. The van der Waals surface area contributed by atoms with Crippen LogP contribution in [0.2, 0.25) is 0 Å². The Bertz CT molecular complexity index is 842. The molecule has 0 amide bonds. The van der Waals surface area contributed by atoms with Gasteiger partial charge in [-0.05, 0) is 0 Å². The van der Waals surface area contributed by atoms with Crippen molar-refractivity contribution in [2.24, 2.45) is 0 Å². The van der Waals surface area contributed by atoms with E-state index in [0.29, 0.717) is 0 Å². The van der Waals surface area contributed by atoms with Crippen molar-refractivity contribution in [3.63, 3.8) is 0 Å². The van der Waals surface area contributed by atoms with Gasteiger partial charge in [0.15, 0.2) is 0 Å². The van der Waals surface area contributed by atoms with E-state index >= 15 is 0 Å². The number of aliphatic carboxylic acids is 10. The first-order chi connectivity index (χ1) is 20.2. The molecule has 0 fully saturated rings. The quantitative estimate of drug-likeness (QED) is 0.102. The van der Waals surface area contributed by atoms with Crippen molar-refractivity contribution in [3.8, 4) is 0 Å². The van der Waals surface area contributed by atoms with Crippen LogP contribution in [0.3, 0.4) is 0 Å². The normalized spacial score (nSPS) is 12.0. The Morgan fingerprint density at radius 2 is 0.383 bits per heavy atom. The molecule has 0 aromatic carbocycles. The molecule has 47 heavy (non-hydrogen) atoms. The average Bonchev–Trinajstić information content (AvgIpc) is 2.83. The van der Waals surface area contributed by atoms with Crippen LogP contribution in [-0.4, -0.2) is 116 Å². The summed E-state index contributed by atoms with van der Waals surface area (Å²) in [6.07, 6.45) is -14.5. The second-order valence-electron chi connectivity index (χ2n) is 7.05. The molecule has 5 atom stereocenters. The van der Waals surface area contributed by atoms with Crippen LogP contribution in [0, 0.1) is 0 Å². The Balaban J connectivity index is -0.0000000842. The molecular formula is C20H20O25Ta2. The van der Waals surface area contributed by atoms with Gasteiger partial charge in [0, 0.05) is 62.0 Å². The third kappa shape index (κ3) is 51.8. The van der Waals surface area contributed by atoms with Crippen molar-refractivity contribution < 1.29 is 169 Å². The smallest absolute Gasteiger partial charge is 0.550 e. The molecule has 0 saturated carbocycles. The third-order valence-corrected chi connectivity index (χ3v) is 3.16. The summed E-state index contributed by atoms with van der Waals surface area (Å²) in [6, 6.07) is 0. The van der Waals surface area contributed by atoms with Crippen LogP contribution in [-0.2, 0) is 92.7 Å². The van der Waals surface area contributed by atoms with Crippen LogP contribution >= 0.6 is 0 Å². The summed E-state index contributed by atoms with van der Waals surface area (Å²) >= 11 is 0. The number of carboxylic acid groups (broad SMARTS) is 10. The first kappa shape index (κ1) is 58.5. The van der Waals surface area contributed by atoms with E-state index in [1.165, 1.54) is 0 Å². The van der Waals surface area contributed by atoms with Gasteiger partial charge in [-0.1, -0.05) is 0 Å². The molecule has 5 N–H and O–H groups in total. The summed E-state index contributed by atoms with van der Waals surface area (Å²) in [5.74, 6) is -17.1. The monoisotopic (exact) mass is 1020 g/mol. The largest absolute Gasteiger partial charge is 5.00 e. The maximum absolute atomic E-state index is 9.58. The summed E-state index contributed by atoms with van der Waals surface area (Å²) in [7, 11) is 0. The minimum Gasteiger partial charge on any atom is -0.550 e. The fourth-order valence-corrected chi connectivity index (χ4v) is 1.21. The van der Waals surface area contributed by atoms with Crippen molar-refractivity contribution in [1.29, 1.82) is 0 Å². The summed E-state index contributed by atoms with van der Waals surface area (Å²) in [5.41, 5.74) is 0. The standard InChI is InChI=1S/5C4H6O5.2Ta/c5*5-2(4(8)9)1-3(6)7;;/h5*2,5H,1H2,(H,6,7)(H,8,9);;/q;;;;;2*+5/p-10. The zero-order valence-electron chi connectivity index (χ0n) is 22.7. The van der Waals surface area contributed by atoms with E-state index in [4.69, 9.17) is 25.5 Å². The minimum absolute atomic E-state index is 0. The zero-order valence-corrected chi connectivity index (χ0v) is 29.1. The predicted molar refractivity (Wildman–Crippen MR) is 103 cm³/mol. The van der Waals surface area contributed by atoms with Crippen LogP contribution in [0.1, 0.15) is 32.1 Å². The number of hydrogen-bond acceptors (Lipinski definition) is 25. The van der Waals surface area contributed by atoms with Gasteiger partial charge in [0.25, 0.3) is 0 Å². The number of carbonyl (C=O) groups is 10. The number of aliphatic hydroxyl groups is 5. The molecule has 0 bridgehead atoms. The summed E-state index contributed by atoms with van der Waals surface area (Å²) < 4.78 is 0. The van der Waals surface area contributed by atoms with Gasteiger partial charge in [-0.3, -0.25) is 0 Å². The second-order valence-corrected chi connectivity index (χ2v) is 7.05. The summed E-state index contributed by atoms with van der Waals surface area (Å²) in [5, 5.41) is 137. The molecule has 0 aromatic heterocycles. The Hall–Kier alpha value is -4.02. The number of hydrogen-bond donors (Lipinski definition) is 5. The van der Waals surface area contributed by atoms with Gasteiger partial charge in [0.05, 0.1) is 60.4 Å². The van der Waals surface area contributed by atoms with E-state index in [1.807, 2.05) is 0 Å². The maximum Gasteiger partial charge on any atom is 5.00 e. The van der Waals surface area contributed by atoms with E-state index in [-0.39, 0.29) is 44.8 Å². The number of carbonyl (C=O) groups excluding carboxylic acids is 10. The molecule has 0 radical (unpaired) electrons. The predicted octanol–water partition coefficient (Wildman–Crippen LogP) is -18.8. The summed E-state index contributed by atoms with van der Waals surface area (Å²) in [6.45, 7) is 0. The van der Waals surface area contributed by atoms with Gasteiger partial charge in [-0.25, -0.2) is 0 Å². The fourth-order valence-electron chi connectivity index (χ4n) is 1.21. The van der Waals surface area contributed by atoms with Crippen LogP contribution in [0.4, 0.5) is 0 Å². The van der Waals surface area contributed by atoms with Crippen LogP contribution in [0.25, 0.3) is 0 Å². The van der Waals surface area contributed by atoms with Gasteiger partial charge in [-0.15, -0.1) is 0 Å². The topological polar surface area (TPSA) is 502 Å². The average molecular weight is 1020 g/mol. The molecule has 0 aromatic rings. The molecule has 0 aliphatic heterocycles. The Kier molecular flexibility index (Phi) is 41.5. The van der Waals surface area contributed by atoms with Gasteiger partial charge < -0.3 is 125 Å². The first-order valence-corrected chi connectivity index (χ1v) is 10.6. The van der Waals surface area contributed by atoms with Crippen LogP contribution in [0.5, 0.6) is 0 Å². The molecule has 0 aliphatic rings. The van der Waals surface area contributed by atoms with Gasteiger partial charge in [0.1, 0.15) is 0 Å². The van der Waals surface area contributed by atoms with Crippen molar-refractivity contribution in [1.82, 2.24) is 0 Å². The van der Waals surface area contributed by atoms with E-state index in [0.717, 1.165) is 0 Å².